The topological polar surface area (TPSA) is 94.5 Å². The van der Waals surface area contributed by atoms with Gasteiger partial charge in [0.05, 0.1) is 23.7 Å². The molecule has 3 N–H and O–H groups in total. The lowest BCUT2D eigenvalue weighted by atomic mass is 10.0. The summed E-state index contributed by atoms with van der Waals surface area (Å²) in [4.78, 5) is 16.0. The highest BCUT2D eigenvalue weighted by Gasteiger charge is 2.17. The number of hydrogen-bond donors (Lipinski definition) is 2. The Hall–Kier alpha value is -2.64. The first-order valence-electron chi connectivity index (χ1n) is 9.33. The first-order valence-corrected chi connectivity index (χ1v) is 9.71. The molecule has 1 amide bonds. The normalized spacial score (nSPS) is 17.0. The lowest BCUT2D eigenvalue weighted by Gasteiger charge is -2.23. The highest BCUT2D eigenvalue weighted by atomic mass is 35.5. The molecule has 1 aliphatic heterocycles. The second-order valence-corrected chi connectivity index (χ2v) is 7.41. The van der Waals surface area contributed by atoms with Gasteiger partial charge in [0.2, 0.25) is 5.91 Å². The van der Waals surface area contributed by atoms with Crippen molar-refractivity contribution in [3.8, 4) is 11.3 Å². The molecule has 0 bridgehead atoms. The van der Waals surface area contributed by atoms with Crippen molar-refractivity contribution in [2.75, 3.05) is 18.5 Å². The molecule has 4 rings (SSSR count). The Morgan fingerprint density at radius 3 is 2.96 bits per heavy atom. The van der Waals surface area contributed by atoms with Gasteiger partial charge in [-0.2, -0.15) is 5.10 Å². The van der Waals surface area contributed by atoms with Crippen molar-refractivity contribution in [2.24, 2.45) is 5.73 Å². The van der Waals surface area contributed by atoms with E-state index in [1.54, 1.807) is 22.8 Å². The Kier molecular flexibility index (Phi) is 5.19. The molecule has 1 aliphatic rings. The van der Waals surface area contributed by atoms with E-state index in [9.17, 15) is 4.79 Å². The Balaban J connectivity index is 1.67. The summed E-state index contributed by atoms with van der Waals surface area (Å²) in [5.41, 5.74) is 9.87. The van der Waals surface area contributed by atoms with Gasteiger partial charge in [-0.3, -0.25) is 4.79 Å². The molecular formula is C20H22ClN5O2. The maximum absolute atomic E-state index is 11.5. The van der Waals surface area contributed by atoms with Gasteiger partial charge in [0.15, 0.2) is 10.8 Å². The number of nitrogens with one attached hydrogen (secondary N) is 1. The Bertz CT molecular complexity index is 1030. The maximum atomic E-state index is 11.5. The number of anilines is 1. The molecule has 0 saturated carbocycles. The molecule has 1 saturated heterocycles. The summed E-state index contributed by atoms with van der Waals surface area (Å²) in [6.07, 6.45) is 5.30. The summed E-state index contributed by atoms with van der Waals surface area (Å²) in [7, 11) is 0. The smallest absolute Gasteiger partial charge is 0.248 e. The molecule has 1 unspecified atom stereocenters. The molecule has 8 heteroatoms. The summed E-state index contributed by atoms with van der Waals surface area (Å²) >= 11 is 6.27. The van der Waals surface area contributed by atoms with Crippen LogP contribution in [0.4, 0.5) is 5.69 Å². The molecule has 146 valence electrons. The molecule has 0 aliphatic carbocycles. The number of benzene rings is 1. The average molecular weight is 400 g/mol. The van der Waals surface area contributed by atoms with Crippen LogP contribution in [0.5, 0.6) is 0 Å². The number of ether oxygens (including phenoxy) is 1. The van der Waals surface area contributed by atoms with E-state index in [1.165, 1.54) is 6.42 Å². The van der Waals surface area contributed by atoms with Crippen LogP contribution in [0.1, 0.15) is 35.2 Å². The van der Waals surface area contributed by atoms with Crippen molar-refractivity contribution in [3.05, 3.63) is 46.7 Å². The van der Waals surface area contributed by atoms with Crippen LogP contribution in [0.2, 0.25) is 5.15 Å². The minimum absolute atomic E-state index is 0.194. The minimum atomic E-state index is -0.445. The van der Waals surface area contributed by atoms with Gasteiger partial charge in [-0.25, -0.2) is 9.50 Å². The third-order valence-corrected chi connectivity index (χ3v) is 5.20. The fourth-order valence-electron chi connectivity index (χ4n) is 3.56. The van der Waals surface area contributed by atoms with E-state index in [2.05, 4.69) is 15.4 Å². The van der Waals surface area contributed by atoms with E-state index in [0.29, 0.717) is 22.9 Å². The molecule has 3 aromatic rings. The molecule has 0 radical (unpaired) electrons. The molecular weight excluding hydrogens is 378 g/mol. The molecule has 2 aromatic heterocycles. The summed E-state index contributed by atoms with van der Waals surface area (Å²) in [6, 6.07) is 7.23. The zero-order valence-corrected chi connectivity index (χ0v) is 16.4. The second-order valence-electron chi connectivity index (χ2n) is 7.02. The number of fused-ring (bicyclic) bond motifs is 1. The third-order valence-electron chi connectivity index (χ3n) is 5.02. The SMILES string of the molecule is Cc1cc(-c2cnc3c(NCC4CCCCO4)cc(Cl)nn23)ccc1C(N)=O. The number of amides is 1. The minimum Gasteiger partial charge on any atom is -0.379 e. The number of primary amides is 1. The van der Waals surface area contributed by atoms with Crippen LogP contribution in [0, 0.1) is 6.92 Å². The highest BCUT2D eigenvalue weighted by Crippen LogP contribution is 2.27. The second kappa shape index (κ2) is 7.77. The molecule has 28 heavy (non-hydrogen) atoms. The predicted octanol–water partition coefficient (Wildman–Crippen LogP) is 3.44. The van der Waals surface area contributed by atoms with Crippen molar-refractivity contribution >= 4 is 28.8 Å². The number of carbonyl (C=O) groups is 1. The molecule has 3 heterocycles. The van der Waals surface area contributed by atoms with Gasteiger partial charge in [-0.05, 0) is 43.9 Å². The van der Waals surface area contributed by atoms with Crippen molar-refractivity contribution < 1.29 is 9.53 Å². The Labute approximate surface area is 167 Å². The summed E-state index contributed by atoms with van der Waals surface area (Å²) in [6.45, 7) is 3.36. The number of imidazole rings is 1. The number of aryl methyl sites for hydroxylation is 1. The van der Waals surface area contributed by atoms with Gasteiger partial charge < -0.3 is 15.8 Å². The zero-order valence-electron chi connectivity index (χ0n) is 15.6. The van der Waals surface area contributed by atoms with Gasteiger partial charge in [0.25, 0.3) is 0 Å². The van der Waals surface area contributed by atoms with Crippen LogP contribution in [0.15, 0.2) is 30.5 Å². The molecule has 1 aromatic carbocycles. The predicted molar refractivity (Wildman–Crippen MR) is 109 cm³/mol. The molecule has 1 atom stereocenters. The van der Waals surface area contributed by atoms with Crippen LogP contribution in [0.25, 0.3) is 16.9 Å². The fraction of sp³-hybridized carbons (Fsp3) is 0.350. The van der Waals surface area contributed by atoms with E-state index in [4.69, 9.17) is 22.1 Å². The lowest BCUT2D eigenvalue weighted by Crippen LogP contribution is -2.27. The molecule has 1 fully saturated rings. The van der Waals surface area contributed by atoms with Crippen LogP contribution in [-0.2, 0) is 4.74 Å². The Morgan fingerprint density at radius 1 is 1.39 bits per heavy atom. The van der Waals surface area contributed by atoms with Crippen molar-refractivity contribution in [3.63, 3.8) is 0 Å². The largest absolute Gasteiger partial charge is 0.379 e. The van der Waals surface area contributed by atoms with Crippen molar-refractivity contribution in [1.82, 2.24) is 14.6 Å². The Morgan fingerprint density at radius 2 is 2.25 bits per heavy atom. The van der Waals surface area contributed by atoms with Crippen molar-refractivity contribution in [1.29, 1.82) is 0 Å². The van der Waals surface area contributed by atoms with Crippen LogP contribution >= 0.6 is 11.6 Å². The first-order chi connectivity index (χ1) is 13.5. The van der Waals surface area contributed by atoms with Crippen LogP contribution in [-0.4, -0.2) is 39.8 Å². The van der Waals surface area contributed by atoms with Crippen LogP contribution in [0.3, 0.4) is 0 Å². The molecule has 7 nitrogen and oxygen atoms in total. The monoisotopic (exact) mass is 399 g/mol. The number of rotatable bonds is 5. The zero-order chi connectivity index (χ0) is 19.7. The van der Waals surface area contributed by atoms with Gasteiger partial charge in [0, 0.05) is 30.3 Å². The number of aromatic nitrogens is 3. The maximum Gasteiger partial charge on any atom is 0.248 e. The number of nitrogens with two attached hydrogens (primary N) is 1. The number of halogens is 1. The number of hydrogen-bond acceptors (Lipinski definition) is 5. The van der Waals surface area contributed by atoms with Gasteiger partial charge >= 0.3 is 0 Å². The van der Waals surface area contributed by atoms with Crippen LogP contribution < -0.4 is 11.1 Å². The first kappa shape index (κ1) is 18.7. The molecule has 0 spiro atoms. The summed E-state index contributed by atoms with van der Waals surface area (Å²) in [5, 5.41) is 8.18. The van der Waals surface area contributed by atoms with E-state index in [-0.39, 0.29) is 6.10 Å². The van der Waals surface area contributed by atoms with Gasteiger partial charge in [-0.15, -0.1) is 0 Å². The van der Waals surface area contributed by atoms with Gasteiger partial charge in [0.1, 0.15) is 0 Å². The number of nitrogens with zero attached hydrogens (tertiary/aromatic N) is 3. The van der Waals surface area contributed by atoms with Gasteiger partial charge in [-0.1, -0.05) is 17.7 Å². The van der Waals surface area contributed by atoms with E-state index < -0.39 is 5.91 Å². The third kappa shape index (κ3) is 3.68. The summed E-state index contributed by atoms with van der Waals surface area (Å²) in [5.74, 6) is -0.445. The summed E-state index contributed by atoms with van der Waals surface area (Å²) < 4.78 is 7.50. The lowest BCUT2D eigenvalue weighted by molar-refractivity contribution is 0.0248. The van der Waals surface area contributed by atoms with E-state index in [1.807, 2.05) is 19.1 Å². The average Bonchev–Trinajstić information content (AvgIpc) is 3.10. The highest BCUT2D eigenvalue weighted by molar-refractivity contribution is 6.29. The standard InChI is InChI=1S/C20H22ClN5O2/c1-12-8-13(5-6-15(12)19(22)27)17-11-24-20-16(9-18(21)25-26(17)20)23-10-14-4-2-3-7-28-14/h5-6,8-9,11,14,23H,2-4,7,10H2,1H3,(H2,22,27). The van der Waals surface area contributed by atoms with E-state index in [0.717, 1.165) is 42.0 Å². The quantitative estimate of drug-likeness (QED) is 0.685. The fourth-order valence-corrected chi connectivity index (χ4v) is 3.74. The van der Waals surface area contributed by atoms with E-state index >= 15 is 0 Å². The number of carbonyl (C=O) groups excluding carboxylic acids is 1. The van der Waals surface area contributed by atoms with Crippen molar-refractivity contribution in [2.45, 2.75) is 32.3 Å².